The maximum absolute atomic E-state index is 15.1. The van der Waals surface area contributed by atoms with Gasteiger partial charge in [-0.25, -0.2) is 19.3 Å². The molecule has 2 saturated heterocycles. The number of β-amino-alcohol motifs (C(OH)–C–C–N with tert-alkyl or cyclic N) is 1. The van der Waals surface area contributed by atoms with Crippen LogP contribution in [-0.4, -0.2) is 73.2 Å². The van der Waals surface area contributed by atoms with Gasteiger partial charge in [-0.1, -0.05) is 13.8 Å². The summed E-state index contributed by atoms with van der Waals surface area (Å²) in [6, 6.07) is 3.75. The van der Waals surface area contributed by atoms with Crippen LogP contribution < -0.4 is 15.1 Å². The fourth-order valence-electron chi connectivity index (χ4n) is 4.86. The average Bonchev–Trinajstić information content (AvgIpc) is 2.83. The number of halogens is 1. The van der Waals surface area contributed by atoms with Gasteiger partial charge in [-0.05, 0) is 56.2 Å². The Hall–Kier alpha value is -3.11. The van der Waals surface area contributed by atoms with Gasteiger partial charge in [0.2, 0.25) is 5.95 Å². The minimum atomic E-state index is -1.78. The Morgan fingerprint density at radius 2 is 1.92 bits per heavy atom. The Morgan fingerprint density at radius 1 is 1.14 bits per heavy atom. The molecule has 192 valence electrons. The van der Waals surface area contributed by atoms with Gasteiger partial charge in [0.15, 0.2) is 5.67 Å². The van der Waals surface area contributed by atoms with Crippen LogP contribution in [0.15, 0.2) is 30.7 Å². The SMILES string of the molecule is CC(C)c1cnc(N2C[C@H](O)[C@H]2C)c2cnc(Nc3ccnc(N4CC[C@@](C)(O)[C@@](C)(F)C4)n3)cc12. The highest BCUT2D eigenvalue weighted by molar-refractivity contribution is 5.96. The lowest BCUT2D eigenvalue weighted by Crippen LogP contribution is -2.59. The van der Waals surface area contributed by atoms with E-state index in [-0.39, 0.29) is 31.0 Å². The Labute approximate surface area is 210 Å². The van der Waals surface area contributed by atoms with E-state index in [2.05, 4.69) is 39.0 Å². The van der Waals surface area contributed by atoms with E-state index in [1.807, 2.05) is 25.4 Å². The zero-order chi connectivity index (χ0) is 25.8. The molecule has 0 amide bonds. The maximum Gasteiger partial charge on any atom is 0.227 e. The first-order valence-corrected chi connectivity index (χ1v) is 12.5. The Morgan fingerprint density at radius 3 is 2.58 bits per heavy atom. The van der Waals surface area contributed by atoms with Gasteiger partial charge < -0.3 is 25.3 Å². The van der Waals surface area contributed by atoms with E-state index >= 15 is 4.39 Å². The van der Waals surface area contributed by atoms with Crippen molar-refractivity contribution >= 4 is 34.2 Å². The first-order chi connectivity index (χ1) is 17.0. The normalized spacial score (nSPS) is 28.5. The summed E-state index contributed by atoms with van der Waals surface area (Å²) < 4.78 is 15.1. The van der Waals surface area contributed by atoms with Gasteiger partial charge >= 0.3 is 0 Å². The van der Waals surface area contributed by atoms with Gasteiger partial charge in [-0.3, -0.25) is 0 Å². The van der Waals surface area contributed by atoms with Crippen molar-refractivity contribution in [3.05, 3.63) is 36.3 Å². The highest BCUT2D eigenvalue weighted by Gasteiger charge is 2.48. The Balaban J connectivity index is 1.43. The summed E-state index contributed by atoms with van der Waals surface area (Å²) >= 11 is 0. The summed E-state index contributed by atoms with van der Waals surface area (Å²) in [5, 5.41) is 25.6. The van der Waals surface area contributed by atoms with Crippen molar-refractivity contribution in [3.8, 4) is 0 Å². The van der Waals surface area contributed by atoms with Crippen molar-refractivity contribution in [2.24, 2.45) is 0 Å². The fourth-order valence-corrected chi connectivity index (χ4v) is 4.86. The van der Waals surface area contributed by atoms with Crippen LogP contribution in [0.5, 0.6) is 0 Å². The van der Waals surface area contributed by atoms with Gasteiger partial charge in [-0.2, -0.15) is 4.98 Å². The first kappa shape index (κ1) is 24.6. The van der Waals surface area contributed by atoms with Crippen molar-refractivity contribution in [2.75, 3.05) is 34.8 Å². The Bertz CT molecular complexity index is 1280. The summed E-state index contributed by atoms with van der Waals surface area (Å²) in [6.07, 6.45) is 5.28. The van der Waals surface area contributed by atoms with Gasteiger partial charge in [0, 0.05) is 37.1 Å². The standard InChI is InChI=1S/C26H34FN7O2/c1-15(2)18-11-30-23(34-13-20(35)16(34)3)19-12-29-22(10-17(18)19)31-21-6-8-28-24(32-21)33-9-7-26(5,36)25(4,27)14-33/h6,8,10-12,15-16,20,35-36H,7,9,13-14H2,1-5H3,(H,28,29,31,32)/t16-,20+,25+,26-/m1/s1. The molecule has 10 heteroatoms. The largest absolute Gasteiger partial charge is 0.389 e. The number of aliphatic hydroxyl groups excluding tert-OH is 1. The van der Waals surface area contributed by atoms with Crippen LogP contribution in [0, 0.1) is 0 Å². The van der Waals surface area contributed by atoms with Crippen LogP contribution in [0.4, 0.5) is 27.8 Å². The second kappa shape index (κ2) is 8.77. The number of rotatable bonds is 5. The van der Waals surface area contributed by atoms with Crippen LogP contribution in [-0.2, 0) is 0 Å². The molecule has 2 aliphatic heterocycles. The topological polar surface area (TPSA) is 111 Å². The summed E-state index contributed by atoms with van der Waals surface area (Å²) in [6.45, 7) is 10.2. The number of anilines is 4. The zero-order valence-corrected chi connectivity index (χ0v) is 21.4. The molecule has 0 bridgehead atoms. The second-order valence-electron chi connectivity index (χ2n) is 10.8. The number of aromatic nitrogens is 4. The lowest BCUT2D eigenvalue weighted by Gasteiger charge is -2.45. The number of nitrogens with one attached hydrogen (secondary N) is 1. The molecule has 0 radical (unpaired) electrons. The molecule has 0 aliphatic carbocycles. The van der Waals surface area contributed by atoms with Crippen LogP contribution in [0.1, 0.15) is 52.5 Å². The molecule has 5 heterocycles. The van der Waals surface area contributed by atoms with Crippen LogP contribution >= 0.6 is 0 Å². The quantitative estimate of drug-likeness (QED) is 0.489. The number of pyridine rings is 2. The van der Waals surface area contributed by atoms with Crippen LogP contribution in [0.2, 0.25) is 0 Å². The van der Waals surface area contributed by atoms with Gasteiger partial charge in [-0.15, -0.1) is 0 Å². The van der Waals surface area contributed by atoms with Crippen molar-refractivity contribution in [1.29, 1.82) is 0 Å². The van der Waals surface area contributed by atoms with E-state index in [1.54, 1.807) is 17.2 Å². The smallest absolute Gasteiger partial charge is 0.227 e. The van der Waals surface area contributed by atoms with Crippen molar-refractivity contribution in [2.45, 2.75) is 70.4 Å². The summed E-state index contributed by atoms with van der Waals surface area (Å²) in [7, 11) is 0. The van der Waals surface area contributed by atoms with E-state index in [1.165, 1.54) is 13.8 Å². The van der Waals surface area contributed by atoms with Gasteiger partial charge in [0.1, 0.15) is 17.5 Å². The van der Waals surface area contributed by atoms with E-state index in [0.29, 0.717) is 30.7 Å². The number of alkyl halides is 1. The molecule has 0 unspecified atom stereocenters. The highest BCUT2D eigenvalue weighted by atomic mass is 19.1. The Kier molecular flexibility index (Phi) is 5.99. The van der Waals surface area contributed by atoms with Crippen molar-refractivity contribution in [3.63, 3.8) is 0 Å². The summed E-state index contributed by atoms with van der Waals surface area (Å²) in [4.78, 5) is 22.1. The molecule has 9 nitrogen and oxygen atoms in total. The lowest BCUT2D eigenvalue weighted by molar-refractivity contribution is -0.0924. The predicted octanol–water partition coefficient (Wildman–Crippen LogP) is 3.55. The third-order valence-corrected chi connectivity index (χ3v) is 7.77. The molecular weight excluding hydrogens is 461 g/mol. The van der Waals surface area contributed by atoms with Crippen molar-refractivity contribution in [1.82, 2.24) is 19.9 Å². The molecule has 0 spiro atoms. The molecule has 2 aliphatic rings. The predicted molar refractivity (Wildman–Crippen MR) is 139 cm³/mol. The van der Waals surface area contributed by atoms with E-state index < -0.39 is 11.3 Å². The molecular formula is C26H34FN7O2. The molecule has 5 rings (SSSR count). The summed E-state index contributed by atoms with van der Waals surface area (Å²) in [5.41, 5.74) is -2.05. The number of fused-ring (bicyclic) bond motifs is 1. The first-order valence-electron chi connectivity index (χ1n) is 12.5. The number of hydrogen-bond acceptors (Lipinski definition) is 9. The molecule has 3 aromatic rings. The number of nitrogens with zero attached hydrogens (tertiary/aromatic N) is 6. The van der Waals surface area contributed by atoms with Crippen LogP contribution in [0.25, 0.3) is 10.8 Å². The monoisotopic (exact) mass is 495 g/mol. The van der Waals surface area contributed by atoms with Gasteiger partial charge in [0.05, 0.1) is 24.3 Å². The molecule has 0 aromatic carbocycles. The minimum Gasteiger partial charge on any atom is -0.389 e. The van der Waals surface area contributed by atoms with Gasteiger partial charge in [0.25, 0.3) is 0 Å². The maximum atomic E-state index is 15.1. The number of hydrogen-bond donors (Lipinski definition) is 3. The average molecular weight is 496 g/mol. The van der Waals surface area contributed by atoms with E-state index in [9.17, 15) is 10.2 Å². The lowest BCUT2D eigenvalue weighted by atomic mass is 9.81. The molecule has 36 heavy (non-hydrogen) atoms. The zero-order valence-electron chi connectivity index (χ0n) is 21.4. The second-order valence-corrected chi connectivity index (χ2v) is 10.8. The number of piperidine rings is 1. The molecule has 2 fully saturated rings. The number of aliphatic hydroxyl groups is 2. The molecule has 3 N–H and O–H groups in total. The van der Waals surface area contributed by atoms with Crippen LogP contribution in [0.3, 0.4) is 0 Å². The van der Waals surface area contributed by atoms with E-state index in [4.69, 9.17) is 4.98 Å². The third-order valence-electron chi connectivity index (χ3n) is 7.77. The molecule has 0 saturated carbocycles. The van der Waals surface area contributed by atoms with E-state index in [0.717, 1.165) is 22.2 Å². The fraction of sp³-hybridized carbons (Fsp3) is 0.538. The highest BCUT2D eigenvalue weighted by Crippen LogP contribution is 2.37. The summed E-state index contributed by atoms with van der Waals surface area (Å²) in [5.74, 6) is 2.66. The minimum absolute atomic E-state index is 0.00695. The third kappa shape index (κ3) is 4.22. The molecule has 4 atom stereocenters. The van der Waals surface area contributed by atoms with Crippen molar-refractivity contribution < 1.29 is 14.6 Å². The molecule has 3 aromatic heterocycles.